The molecule has 2 N–H and O–H groups in total. The molecule has 2 unspecified atom stereocenters. The van der Waals surface area contributed by atoms with E-state index in [1.165, 1.54) is 5.56 Å². The number of hydrogen-bond acceptors (Lipinski definition) is 2. The third-order valence-electron chi connectivity index (χ3n) is 3.29. The fourth-order valence-corrected chi connectivity index (χ4v) is 1.94. The van der Waals surface area contributed by atoms with Crippen LogP contribution < -0.4 is 5.32 Å². The van der Waals surface area contributed by atoms with Crippen molar-refractivity contribution >= 4 is 17.6 Å². The first-order chi connectivity index (χ1) is 8.49. The average Bonchev–Trinajstić information content (AvgIpc) is 3.09. The third kappa shape index (κ3) is 2.70. The summed E-state index contributed by atoms with van der Waals surface area (Å²) in [7, 11) is 0. The maximum Gasteiger partial charge on any atom is 0.307 e. The van der Waals surface area contributed by atoms with Crippen molar-refractivity contribution in [3.8, 4) is 0 Å². The number of hydrogen-bond donors (Lipinski definition) is 2. The third-order valence-corrected chi connectivity index (χ3v) is 3.29. The lowest BCUT2D eigenvalue weighted by Crippen LogP contribution is -2.16. The molecular formula is C14H17NO3. The number of carbonyl (C=O) groups excluding carboxylic acids is 1. The Kier molecular flexibility index (Phi) is 3.36. The Morgan fingerprint density at radius 2 is 1.83 bits per heavy atom. The summed E-state index contributed by atoms with van der Waals surface area (Å²) in [6.07, 6.45) is 0.450. The van der Waals surface area contributed by atoms with Crippen molar-refractivity contribution in [2.45, 2.75) is 26.2 Å². The van der Waals surface area contributed by atoms with Gasteiger partial charge < -0.3 is 10.4 Å². The number of amides is 1. The Labute approximate surface area is 106 Å². The van der Waals surface area contributed by atoms with Gasteiger partial charge in [0.2, 0.25) is 5.91 Å². The number of anilines is 1. The number of nitrogens with one attached hydrogen (secondary N) is 1. The van der Waals surface area contributed by atoms with Crippen LogP contribution >= 0.6 is 0 Å². The van der Waals surface area contributed by atoms with Gasteiger partial charge in [-0.25, -0.2) is 0 Å². The first kappa shape index (κ1) is 12.6. The zero-order chi connectivity index (χ0) is 13.3. The first-order valence-electron chi connectivity index (χ1n) is 6.12. The Hall–Kier alpha value is -1.84. The summed E-state index contributed by atoms with van der Waals surface area (Å²) >= 11 is 0. The topological polar surface area (TPSA) is 66.4 Å². The summed E-state index contributed by atoms with van der Waals surface area (Å²) in [5.41, 5.74) is 1.93. The van der Waals surface area contributed by atoms with Crippen LogP contribution in [0.25, 0.3) is 0 Å². The number of carboxylic acids is 1. The van der Waals surface area contributed by atoms with Crippen LogP contribution in [0, 0.1) is 11.8 Å². The van der Waals surface area contributed by atoms with Gasteiger partial charge in [-0.3, -0.25) is 9.59 Å². The average molecular weight is 247 g/mol. The van der Waals surface area contributed by atoms with Crippen molar-refractivity contribution in [3.05, 3.63) is 29.8 Å². The molecule has 1 amide bonds. The zero-order valence-corrected chi connectivity index (χ0v) is 10.5. The highest BCUT2D eigenvalue weighted by Crippen LogP contribution is 2.39. The van der Waals surface area contributed by atoms with E-state index in [1.54, 1.807) is 0 Å². The first-order valence-corrected chi connectivity index (χ1v) is 6.12. The normalized spacial score (nSPS) is 21.7. The molecule has 0 spiro atoms. The molecule has 1 saturated carbocycles. The Morgan fingerprint density at radius 1 is 1.22 bits per heavy atom. The van der Waals surface area contributed by atoms with Crippen molar-refractivity contribution in [2.24, 2.45) is 11.8 Å². The van der Waals surface area contributed by atoms with Gasteiger partial charge in [-0.1, -0.05) is 26.0 Å². The Morgan fingerprint density at radius 3 is 2.28 bits per heavy atom. The molecule has 0 bridgehead atoms. The van der Waals surface area contributed by atoms with Crippen LogP contribution in [0.3, 0.4) is 0 Å². The minimum atomic E-state index is -0.884. The molecular weight excluding hydrogens is 230 g/mol. The molecule has 0 radical (unpaired) electrons. The van der Waals surface area contributed by atoms with Gasteiger partial charge in [0.25, 0.3) is 0 Å². The minimum Gasteiger partial charge on any atom is -0.481 e. The molecule has 4 heteroatoms. The van der Waals surface area contributed by atoms with E-state index < -0.39 is 11.9 Å². The number of aliphatic carboxylic acids is 1. The largest absolute Gasteiger partial charge is 0.481 e. The monoisotopic (exact) mass is 247 g/mol. The fraction of sp³-hybridized carbons (Fsp3) is 0.429. The molecule has 2 atom stereocenters. The highest BCUT2D eigenvalue weighted by molar-refractivity contribution is 5.98. The molecule has 1 aliphatic rings. The zero-order valence-electron chi connectivity index (χ0n) is 10.5. The van der Waals surface area contributed by atoms with Crippen LogP contribution in [0.4, 0.5) is 5.69 Å². The summed E-state index contributed by atoms with van der Waals surface area (Å²) in [5.74, 6) is -1.49. The molecule has 1 aromatic rings. The molecule has 96 valence electrons. The van der Waals surface area contributed by atoms with E-state index in [9.17, 15) is 9.59 Å². The SMILES string of the molecule is CC(C)c1ccc(NC(=O)C2CC2C(=O)O)cc1. The Bertz CT molecular complexity index is 464. The Balaban J connectivity index is 1.94. The molecule has 1 fully saturated rings. The number of rotatable bonds is 4. The van der Waals surface area contributed by atoms with Crippen molar-refractivity contribution < 1.29 is 14.7 Å². The van der Waals surface area contributed by atoms with E-state index in [-0.39, 0.29) is 11.8 Å². The lowest BCUT2D eigenvalue weighted by atomic mass is 10.0. The second-order valence-electron chi connectivity index (χ2n) is 5.05. The minimum absolute atomic E-state index is 0.195. The van der Waals surface area contributed by atoms with E-state index in [2.05, 4.69) is 19.2 Å². The number of benzene rings is 1. The second kappa shape index (κ2) is 4.80. The highest BCUT2D eigenvalue weighted by Gasteiger charge is 2.48. The van der Waals surface area contributed by atoms with Crippen LogP contribution in [0.2, 0.25) is 0 Å². The quantitative estimate of drug-likeness (QED) is 0.859. The fourth-order valence-electron chi connectivity index (χ4n) is 1.94. The maximum atomic E-state index is 11.7. The van der Waals surface area contributed by atoms with Crippen molar-refractivity contribution in [1.82, 2.24) is 0 Å². The van der Waals surface area contributed by atoms with Crippen LogP contribution in [-0.2, 0) is 9.59 Å². The highest BCUT2D eigenvalue weighted by atomic mass is 16.4. The van der Waals surface area contributed by atoms with E-state index in [0.717, 1.165) is 5.69 Å². The molecule has 18 heavy (non-hydrogen) atoms. The van der Waals surface area contributed by atoms with Crippen LogP contribution in [-0.4, -0.2) is 17.0 Å². The molecule has 4 nitrogen and oxygen atoms in total. The van der Waals surface area contributed by atoms with E-state index in [4.69, 9.17) is 5.11 Å². The van der Waals surface area contributed by atoms with Crippen LogP contribution in [0.1, 0.15) is 31.7 Å². The van der Waals surface area contributed by atoms with E-state index in [0.29, 0.717) is 12.3 Å². The van der Waals surface area contributed by atoms with Crippen LogP contribution in [0.15, 0.2) is 24.3 Å². The molecule has 0 heterocycles. The molecule has 0 aliphatic heterocycles. The van der Waals surface area contributed by atoms with Crippen LogP contribution in [0.5, 0.6) is 0 Å². The summed E-state index contributed by atoms with van der Waals surface area (Å²) in [4.78, 5) is 22.4. The van der Waals surface area contributed by atoms with E-state index >= 15 is 0 Å². The van der Waals surface area contributed by atoms with Crippen molar-refractivity contribution in [3.63, 3.8) is 0 Å². The summed E-state index contributed by atoms with van der Waals surface area (Å²) in [6, 6.07) is 7.65. The number of carboxylic acid groups (broad SMARTS) is 1. The summed E-state index contributed by atoms with van der Waals surface area (Å²) in [6.45, 7) is 4.21. The van der Waals surface area contributed by atoms with Gasteiger partial charge in [0.1, 0.15) is 0 Å². The number of carbonyl (C=O) groups is 2. The molecule has 0 aromatic heterocycles. The van der Waals surface area contributed by atoms with Gasteiger partial charge in [0.15, 0.2) is 0 Å². The van der Waals surface area contributed by atoms with Gasteiger partial charge in [-0.05, 0) is 30.0 Å². The molecule has 2 rings (SSSR count). The van der Waals surface area contributed by atoms with Crippen molar-refractivity contribution in [1.29, 1.82) is 0 Å². The standard InChI is InChI=1S/C14H17NO3/c1-8(2)9-3-5-10(6-4-9)15-13(16)11-7-12(11)14(17)18/h3-6,8,11-12H,7H2,1-2H3,(H,15,16)(H,17,18). The summed E-state index contributed by atoms with van der Waals surface area (Å²) < 4.78 is 0. The lowest BCUT2D eigenvalue weighted by Gasteiger charge is -2.08. The molecule has 1 aliphatic carbocycles. The predicted octanol–water partition coefficient (Wildman–Crippen LogP) is 2.47. The smallest absolute Gasteiger partial charge is 0.307 e. The predicted molar refractivity (Wildman–Crippen MR) is 68.4 cm³/mol. The second-order valence-corrected chi connectivity index (χ2v) is 5.05. The molecule has 0 saturated heterocycles. The van der Waals surface area contributed by atoms with E-state index in [1.807, 2.05) is 24.3 Å². The van der Waals surface area contributed by atoms with Crippen molar-refractivity contribution in [2.75, 3.05) is 5.32 Å². The molecule has 1 aromatic carbocycles. The van der Waals surface area contributed by atoms with Gasteiger partial charge in [-0.2, -0.15) is 0 Å². The maximum absolute atomic E-state index is 11.7. The van der Waals surface area contributed by atoms with Gasteiger partial charge in [0.05, 0.1) is 11.8 Å². The van der Waals surface area contributed by atoms with Gasteiger partial charge in [-0.15, -0.1) is 0 Å². The lowest BCUT2D eigenvalue weighted by molar-refractivity contribution is -0.139. The summed E-state index contributed by atoms with van der Waals surface area (Å²) in [5, 5.41) is 11.5. The van der Waals surface area contributed by atoms with Gasteiger partial charge >= 0.3 is 5.97 Å². The van der Waals surface area contributed by atoms with Gasteiger partial charge in [0, 0.05) is 5.69 Å².